The second kappa shape index (κ2) is 6.84. The van der Waals surface area contributed by atoms with E-state index in [9.17, 15) is 9.59 Å². The number of carbonyl (C=O) groups excluding carboxylic acids is 2. The van der Waals surface area contributed by atoms with E-state index in [4.69, 9.17) is 4.74 Å². The molecule has 6 heteroatoms. The van der Waals surface area contributed by atoms with Crippen LogP contribution in [0.25, 0.3) is 0 Å². The van der Waals surface area contributed by atoms with E-state index in [1.165, 1.54) is 10.4 Å². The average molecular weight is 348 g/mol. The van der Waals surface area contributed by atoms with Crippen molar-refractivity contribution in [1.29, 1.82) is 0 Å². The lowest BCUT2D eigenvalue weighted by Crippen LogP contribution is -2.46. The zero-order valence-electron chi connectivity index (χ0n) is 13.8. The minimum Gasteiger partial charge on any atom is -0.372 e. The van der Waals surface area contributed by atoms with Gasteiger partial charge in [-0.2, -0.15) is 0 Å². The first-order valence-electron chi connectivity index (χ1n) is 8.96. The van der Waals surface area contributed by atoms with E-state index >= 15 is 0 Å². The quantitative estimate of drug-likeness (QED) is 0.908. The Morgan fingerprint density at radius 2 is 2.21 bits per heavy atom. The predicted molar refractivity (Wildman–Crippen MR) is 91.8 cm³/mol. The Morgan fingerprint density at radius 1 is 1.33 bits per heavy atom. The van der Waals surface area contributed by atoms with Crippen molar-refractivity contribution in [1.82, 2.24) is 10.2 Å². The maximum absolute atomic E-state index is 12.7. The van der Waals surface area contributed by atoms with Crippen molar-refractivity contribution in [3.63, 3.8) is 0 Å². The number of likely N-dealkylation sites (tertiary alicyclic amines) is 1. The number of hydrogen-bond donors (Lipinski definition) is 1. The zero-order valence-corrected chi connectivity index (χ0v) is 14.6. The standard InChI is InChI=1S/C18H24N2O3S/c21-16(10-15-17-12(5-8-23-15)6-9-24-17)20-7-1-2-13(11-20)18(22)19-14-3-4-14/h6,9,13-15H,1-5,7-8,10-11H2,(H,19,22)/t13-,15+/m0/s1. The summed E-state index contributed by atoms with van der Waals surface area (Å²) in [6.07, 6.45) is 5.22. The van der Waals surface area contributed by atoms with Crippen LogP contribution in [-0.2, 0) is 20.7 Å². The maximum Gasteiger partial charge on any atom is 0.225 e. The largest absolute Gasteiger partial charge is 0.372 e. The minimum atomic E-state index is -0.109. The predicted octanol–water partition coefficient (Wildman–Crippen LogP) is 2.27. The maximum atomic E-state index is 12.7. The molecule has 0 bridgehead atoms. The topological polar surface area (TPSA) is 58.6 Å². The van der Waals surface area contributed by atoms with Gasteiger partial charge in [0.05, 0.1) is 18.9 Å². The second-order valence-electron chi connectivity index (χ2n) is 7.09. The Kier molecular flexibility index (Phi) is 4.59. The highest BCUT2D eigenvalue weighted by Crippen LogP contribution is 2.34. The summed E-state index contributed by atoms with van der Waals surface area (Å²) in [5.74, 6) is 0.197. The number of amides is 2. The fraction of sp³-hybridized carbons (Fsp3) is 0.667. The van der Waals surface area contributed by atoms with Gasteiger partial charge in [0.15, 0.2) is 0 Å². The number of fused-ring (bicyclic) bond motifs is 1. The summed E-state index contributed by atoms with van der Waals surface area (Å²) >= 11 is 1.68. The first kappa shape index (κ1) is 16.1. The molecular weight excluding hydrogens is 324 g/mol. The van der Waals surface area contributed by atoms with Gasteiger partial charge in [-0.15, -0.1) is 11.3 Å². The second-order valence-corrected chi connectivity index (χ2v) is 8.03. The van der Waals surface area contributed by atoms with E-state index in [0.717, 1.165) is 38.6 Å². The van der Waals surface area contributed by atoms with Gasteiger partial charge in [-0.05, 0) is 49.1 Å². The number of carbonyl (C=O) groups is 2. The molecule has 2 atom stereocenters. The van der Waals surface area contributed by atoms with Gasteiger partial charge in [0, 0.05) is 24.0 Å². The molecule has 1 N–H and O–H groups in total. The lowest BCUT2D eigenvalue weighted by Gasteiger charge is -2.33. The fourth-order valence-corrected chi connectivity index (χ4v) is 4.63. The van der Waals surface area contributed by atoms with Gasteiger partial charge in [-0.1, -0.05) is 0 Å². The van der Waals surface area contributed by atoms with E-state index < -0.39 is 0 Å². The van der Waals surface area contributed by atoms with E-state index in [2.05, 4.69) is 16.8 Å². The van der Waals surface area contributed by atoms with Gasteiger partial charge in [0.1, 0.15) is 6.10 Å². The molecule has 1 saturated heterocycles. The molecule has 1 aromatic heterocycles. The Hall–Kier alpha value is -1.40. The number of hydrogen-bond acceptors (Lipinski definition) is 4. The summed E-state index contributed by atoms with van der Waals surface area (Å²) in [5.41, 5.74) is 1.32. The average Bonchev–Trinajstić information content (AvgIpc) is 3.27. The number of piperidine rings is 1. The fourth-order valence-electron chi connectivity index (χ4n) is 3.63. The van der Waals surface area contributed by atoms with Gasteiger partial charge in [-0.25, -0.2) is 0 Å². The molecule has 1 saturated carbocycles. The van der Waals surface area contributed by atoms with Crippen LogP contribution in [0.15, 0.2) is 11.4 Å². The van der Waals surface area contributed by atoms with Crippen LogP contribution in [0.2, 0.25) is 0 Å². The molecule has 1 aromatic rings. The van der Waals surface area contributed by atoms with Crippen molar-refractivity contribution in [3.8, 4) is 0 Å². The van der Waals surface area contributed by atoms with Crippen LogP contribution >= 0.6 is 11.3 Å². The molecule has 0 radical (unpaired) electrons. The number of rotatable bonds is 4. The summed E-state index contributed by atoms with van der Waals surface area (Å²) < 4.78 is 5.84. The molecule has 1 aliphatic carbocycles. The normalized spacial score (nSPS) is 26.8. The summed E-state index contributed by atoms with van der Waals surface area (Å²) in [6.45, 7) is 2.01. The number of nitrogens with one attached hydrogen (secondary N) is 1. The molecule has 2 amide bonds. The van der Waals surface area contributed by atoms with Crippen molar-refractivity contribution in [2.24, 2.45) is 5.92 Å². The van der Waals surface area contributed by atoms with Crippen LogP contribution in [0.3, 0.4) is 0 Å². The lowest BCUT2D eigenvalue weighted by molar-refractivity contribution is -0.138. The van der Waals surface area contributed by atoms with Crippen LogP contribution in [0.4, 0.5) is 0 Å². The van der Waals surface area contributed by atoms with Crippen molar-refractivity contribution >= 4 is 23.2 Å². The summed E-state index contributed by atoms with van der Waals surface area (Å²) in [6, 6.07) is 2.52. The highest BCUT2D eigenvalue weighted by Gasteiger charge is 2.33. The molecule has 3 aliphatic rings. The third kappa shape index (κ3) is 3.49. The first-order chi connectivity index (χ1) is 11.7. The Morgan fingerprint density at radius 3 is 3.04 bits per heavy atom. The van der Waals surface area contributed by atoms with Gasteiger partial charge in [0.25, 0.3) is 0 Å². The monoisotopic (exact) mass is 348 g/mol. The van der Waals surface area contributed by atoms with Crippen molar-refractivity contribution < 1.29 is 14.3 Å². The summed E-state index contributed by atoms with van der Waals surface area (Å²) in [4.78, 5) is 28.1. The van der Waals surface area contributed by atoms with Crippen molar-refractivity contribution in [2.75, 3.05) is 19.7 Å². The molecule has 4 rings (SSSR count). The summed E-state index contributed by atoms with van der Waals surface area (Å²) in [5, 5.41) is 5.15. The third-order valence-electron chi connectivity index (χ3n) is 5.19. The van der Waals surface area contributed by atoms with E-state index in [1.54, 1.807) is 11.3 Å². The van der Waals surface area contributed by atoms with Gasteiger partial charge >= 0.3 is 0 Å². The first-order valence-corrected chi connectivity index (χ1v) is 9.84. The molecular formula is C18H24N2O3S. The summed E-state index contributed by atoms with van der Waals surface area (Å²) in [7, 11) is 0. The SMILES string of the molecule is O=C(NC1CC1)[C@H]1CCCN(C(=O)C[C@H]2OCCc3ccsc32)C1. The highest BCUT2D eigenvalue weighted by atomic mass is 32.1. The van der Waals surface area contributed by atoms with E-state index in [-0.39, 0.29) is 23.8 Å². The molecule has 0 unspecified atom stereocenters. The molecule has 0 aromatic carbocycles. The van der Waals surface area contributed by atoms with Crippen LogP contribution in [0.1, 0.15) is 48.6 Å². The molecule has 3 heterocycles. The highest BCUT2D eigenvalue weighted by molar-refractivity contribution is 7.10. The van der Waals surface area contributed by atoms with Crippen molar-refractivity contribution in [3.05, 3.63) is 21.9 Å². The lowest BCUT2D eigenvalue weighted by atomic mass is 9.96. The molecule has 0 spiro atoms. The van der Waals surface area contributed by atoms with Crippen LogP contribution < -0.4 is 5.32 Å². The molecule has 130 valence electrons. The third-order valence-corrected chi connectivity index (χ3v) is 6.24. The van der Waals surface area contributed by atoms with Crippen LogP contribution in [-0.4, -0.2) is 42.5 Å². The van der Waals surface area contributed by atoms with Gasteiger partial charge < -0.3 is 15.0 Å². The Bertz CT molecular complexity index is 626. The Balaban J connectivity index is 1.35. The van der Waals surface area contributed by atoms with Gasteiger partial charge in [-0.3, -0.25) is 9.59 Å². The van der Waals surface area contributed by atoms with Crippen LogP contribution in [0, 0.1) is 5.92 Å². The van der Waals surface area contributed by atoms with Crippen molar-refractivity contribution in [2.45, 2.75) is 50.7 Å². The molecule has 5 nitrogen and oxygen atoms in total. The van der Waals surface area contributed by atoms with Gasteiger partial charge in [0.2, 0.25) is 11.8 Å². The minimum absolute atomic E-state index is 0.0483. The number of ether oxygens (including phenoxy) is 1. The molecule has 2 aliphatic heterocycles. The van der Waals surface area contributed by atoms with E-state index in [0.29, 0.717) is 25.6 Å². The molecule has 2 fully saturated rings. The smallest absolute Gasteiger partial charge is 0.225 e. The molecule has 24 heavy (non-hydrogen) atoms. The number of thiophene rings is 1. The zero-order chi connectivity index (χ0) is 16.5. The van der Waals surface area contributed by atoms with E-state index in [1.807, 2.05) is 4.90 Å². The Labute approximate surface area is 146 Å². The number of nitrogens with zero attached hydrogens (tertiary/aromatic N) is 1. The van der Waals surface area contributed by atoms with Crippen LogP contribution in [0.5, 0.6) is 0 Å².